The summed E-state index contributed by atoms with van der Waals surface area (Å²) in [4.78, 5) is 13.7. The number of hydrogen-bond acceptors (Lipinski definition) is 5. The Kier molecular flexibility index (Phi) is 5.15. The number of hydrogen-bond donors (Lipinski definition) is 0. The summed E-state index contributed by atoms with van der Waals surface area (Å²) in [5.41, 5.74) is 0.960. The summed E-state index contributed by atoms with van der Waals surface area (Å²) in [5.74, 6) is -0.585. The highest BCUT2D eigenvalue weighted by Gasteiger charge is 2.32. The molecule has 1 fully saturated rings. The average molecular weight is 359 g/mol. The van der Waals surface area contributed by atoms with Gasteiger partial charge >= 0.3 is 0 Å². The molecule has 0 aliphatic carbocycles. The largest absolute Gasteiger partial charge is 0.342 e. The van der Waals surface area contributed by atoms with Crippen LogP contribution < -0.4 is 0 Å². The van der Waals surface area contributed by atoms with Crippen LogP contribution in [0.15, 0.2) is 29.2 Å². The van der Waals surface area contributed by atoms with Gasteiger partial charge in [-0.25, -0.2) is 16.8 Å². The molecule has 1 heterocycles. The first kappa shape index (κ1) is 17.9. The van der Waals surface area contributed by atoms with Crippen LogP contribution in [0.4, 0.5) is 0 Å². The van der Waals surface area contributed by atoms with Crippen LogP contribution in [-0.2, 0) is 24.5 Å². The highest BCUT2D eigenvalue weighted by molar-refractivity contribution is 7.91. The quantitative estimate of drug-likeness (QED) is 0.776. The summed E-state index contributed by atoms with van der Waals surface area (Å²) in [6, 6.07) is 6.13. The SMILES string of the molecule is Cc1ccc(S(=O)(=O)CCC(=O)N(C)C2CCS(=O)(=O)C2)cc1. The normalized spacial score (nSPS) is 20.3. The Morgan fingerprint density at radius 1 is 1.26 bits per heavy atom. The van der Waals surface area contributed by atoms with E-state index in [1.165, 1.54) is 24.1 Å². The van der Waals surface area contributed by atoms with E-state index in [2.05, 4.69) is 0 Å². The van der Waals surface area contributed by atoms with Crippen LogP contribution >= 0.6 is 0 Å². The van der Waals surface area contributed by atoms with Crippen molar-refractivity contribution >= 4 is 25.6 Å². The number of amides is 1. The Hall–Kier alpha value is -1.41. The maximum Gasteiger partial charge on any atom is 0.223 e. The number of aryl methyl sites for hydroxylation is 1. The Bertz CT molecular complexity index is 782. The average Bonchev–Trinajstić information content (AvgIpc) is 2.84. The predicted molar refractivity (Wildman–Crippen MR) is 87.7 cm³/mol. The fraction of sp³-hybridized carbons (Fsp3) is 0.533. The maximum atomic E-state index is 12.2. The third-order valence-corrected chi connectivity index (χ3v) is 7.60. The molecule has 1 unspecified atom stereocenters. The molecule has 0 spiro atoms. The van der Waals surface area contributed by atoms with Crippen molar-refractivity contribution in [2.75, 3.05) is 24.3 Å². The predicted octanol–water partition coefficient (Wildman–Crippen LogP) is 0.804. The molecule has 1 atom stereocenters. The molecule has 0 aromatic heterocycles. The second-order valence-corrected chi connectivity index (χ2v) is 10.3. The number of rotatable bonds is 5. The summed E-state index contributed by atoms with van der Waals surface area (Å²) >= 11 is 0. The maximum absolute atomic E-state index is 12.2. The van der Waals surface area contributed by atoms with Crippen molar-refractivity contribution in [2.24, 2.45) is 0 Å². The summed E-state index contributed by atoms with van der Waals surface area (Å²) in [7, 11) is -5.06. The van der Waals surface area contributed by atoms with Gasteiger partial charge in [0.05, 0.1) is 22.2 Å². The van der Waals surface area contributed by atoms with E-state index in [1.807, 2.05) is 6.92 Å². The zero-order valence-electron chi connectivity index (χ0n) is 13.2. The molecule has 2 rings (SSSR count). The standard InChI is InChI=1S/C15H21NO5S2/c1-12-3-5-14(6-4-12)23(20,21)10-8-15(17)16(2)13-7-9-22(18,19)11-13/h3-6,13H,7-11H2,1-2H3. The van der Waals surface area contributed by atoms with Crippen LogP contribution in [0, 0.1) is 6.92 Å². The number of carbonyl (C=O) groups excluding carboxylic acids is 1. The fourth-order valence-electron chi connectivity index (χ4n) is 2.55. The first-order valence-corrected chi connectivity index (χ1v) is 10.8. The van der Waals surface area contributed by atoms with Gasteiger partial charge in [-0.2, -0.15) is 0 Å². The lowest BCUT2D eigenvalue weighted by molar-refractivity contribution is -0.131. The van der Waals surface area contributed by atoms with Crippen molar-refractivity contribution in [3.63, 3.8) is 0 Å². The van der Waals surface area contributed by atoms with Crippen molar-refractivity contribution in [2.45, 2.75) is 30.7 Å². The van der Waals surface area contributed by atoms with Crippen LogP contribution in [0.25, 0.3) is 0 Å². The molecule has 1 amide bonds. The molecule has 1 aromatic rings. The Morgan fingerprint density at radius 2 is 1.87 bits per heavy atom. The van der Waals surface area contributed by atoms with Gasteiger partial charge in [-0.3, -0.25) is 4.79 Å². The number of nitrogens with zero attached hydrogens (tertiary/aromatic N) is 1. The van der Waals surface area contributed by atoms with Gasteiger partial charge in [0.25, 0.3) is 0 Å². The minimum atomic E-state index is -3.52. The molecule has 23 heavy (non-hydrogen) atoms. The summed E-state index contributed by atoms with van der Waals surface area (Å²) < 4.78 is 47.4. The zero-order chi connectivity index (χ0) is 17.3. The lowest BCUT2D eigenvalue weighted by Gasteiger charge is -2.23. The molecular weight excluding hydrogens is 338 g/mol. The molecule has 8 heteroatoms. The molecule has 1 aliphatic rings. The molecule has 6 nitrogen and oxygen atoms in total. The summed E-state index contributed by atoms with van der Waals surface area (Å²) in [5, 5.41) is 0. The minimum absolute atomic E-state index is 0.0417. The molecule has 1 aromatic carbocycles. The molecule has 0 saturated carbocycles. The Morgan fingerprint density at radius 3 is 2.39 bits per heavy atom. The van der Waals surface area contributed by atoms with Crippen LogP contribution in [0.5, 0.6) is 0 Å². The summed E-state index contributed by atoms with van der Waals surface area (Å²) in [6.07, 6.45) is 0.262. The molecule has 1 aliphatic heterocycles. The van der Waals surface area contributed by atoms with Crippen molar-refractivity contribution < 1.29 is 21.6 Å². The van der Waals surface area contributed by atoms with E-state index in [1.54, 1.807) is 12.1 Å². The molecule has 1 saturated heterocycles. The zero-order valence-corrected chi connectivity index (χ0v) is 14.9. The van der Waals surface area contributed by atoms with E-state index < -0.39 is 19.7 Å². The van der Waals surface area contributed by atoms with E-state index >= 15 is 0 Å². The molecule has 0 radical (unpaired) electrons. The Balaban J connectivity index is 1.97. The van der Waals surface area contributed by atoms with Crippen molar-refractivity contribution in [3.05, 3.63) is 29.8 Å². The third kappa shape index (κ3) is 4.54. The van der Waals surface area contributed by atoms with Crippen LogP contribution in [0.3, 0.4) is 0 Å². The molecular formula is C15H21NO5S2. The second kappa shape index (κ2) is 6.60. The Labute approximate surface area is 137 Å². The molecule has 0 bridgehead atoms. The van der Waals surface area contributed by atoms with E-state index in [9.17, 15) is 21.6 Å². The smallest absolute Gasteiger partial charge is 0.223 e. The number of carbonyl (C=O) groups is 1. The van der Waals surface area contributed by atoms with E-state index in [4.69, 9.17) is 0 Å². The lowest BCUT2D eigenvalue weighted by Crippen LogP contribution is -2.38. The molecule has 0 N–H and O–H groups in total. The second-order valence-electron chi connectivity index (χ2n) is 5.94. The van der Waals surface area contributed by atoms with Gasteiger partial charge in [0.15, 0.2) is 19.7 Å². The van der Waals surface area contributed by atoms with Crippen LogP contribution in [0.2, 0.25) is 0 Å². The van der Waals surface area contributed by atoms with Crippen LogP contribution in [-0.4, -0.2) is 58.0 Å². The first-order chi connectivity index (χ1) is 10.6. The van der Waals surface area contributed by atoms with Gasteiger partial charge in [0.1, 0.15) is 0 Å². The topological polar surface area (TPSA) is 88.6 Å². The van der Waals surface area contributed by atoms with Crippen molar-refractivity contribution in [3.8, 4) is 0 Å². The van der Waals surface area contributed by atoms with E-state index in [-0.39, 0.29) is 40.5 Å². The number of benzene rings is 1. The minimum Gasteiger partial charge on any atom is -0.342 e. The van der Waals surface area contributed by atoms with E-state index in [0.29, 0.717) is 6.42 Å². The van der Waals surface area contributed by atoms with Gasteiger partial charge in [-0.1, -0.05) is 17.7 Å². The highest BCUT2D eigenvalue weighted by Crippen LogP contribution is 2.18. The van der Waals surface area contributed by atoms with Gasteiger partial charge in [0, 0.05) is 19.5 Å². The van der Waals surface area contributed by atoms with Crippen molar-refractivity contribution in [1.82, 2.24) is 4.90 Å². The summed E-state index contributed by atoms with van der Waals surface area (Å²) in [6.45, 7) is 1.87. The monoisotopic (exact) mass is 359 g/mol. The van der Waals surface area contributed by atoms with Gasteiger partial charge < -0.3 is 4.90 Å². The number of sulfone groups is 2. The fourth-order valence-corrected chi connectivity index (χ4v) is 5.55. The lowest BCUT2D eigenvalue weighted by atomic mass is 10.2. The van der Waals surface area contributed by atoms with Crippen molar-refractivity contribution in [1.29, 1.82) is 0 Å². The van der Waals surface area contributed by atoms with E-state index in [0.717, 1.165) is 5.56 Å². The van der Waals surface area contributed by atoms with Crippen LogP contribution in [0.1, 0.15) is 18.4 Å². The van der Waals surface area contributed by atoms with Gasteiger partial charge in [-0.05, 0) is 25.5 Å². The van der Waals surface area contributed by atoms with Gasteiger partial charge in [-0.15, -0.1) is 0 Å². The highest BCUT2D eigenvalue weighted by atomic mass is 32.2. The van der Waals surface area contributed by atoms with Gasteiger partial charge in [0.2, 0.25) is 5.91 Å². The third-order valence-electron chi connectivity index (χ3n) is 4.11. The first-order valence-electron chi connectivity index (χ1n) is 7.36. The molecule has 128 valence electrons.